The second kappa shape index (κ2) is 4.95. The normalized spacial score (nSPS) is 45.6. The Bertz CT molecular complexity index is 232. The maximum Gasteiger partial charge on any atom is 0.0600 e. The van der Waals surface area contributed by atoms with Crippen LogP contribution in [0.15, 0.2) is 0 Å². The molecule has 0 aromatic heterocycles. The lowest BCUT2D eigenvalue weighted by atomic mass is 9.84. The summed E-state index contributed by atoms with van der Waals surface area (Å²) in [6, 6.07) is 0.781. The minimum atomic E-state index is 0.717. The quantitative estimate of drug-likeness (QED) is 0.746. The molecule has 2 aliphatic heterocycles. The monoisotopic (exact) mass is 286 g/mol. The third kappa shape index (κ3) is 2.32. The number of nitrogens with one attached hydrogen (secondary N) is 1. The van der Waals surface area contributed by atoms with Gasteiger partial charge in [0.1, 0.15) is 0 Å². The van der Waals surface area contributed by atoms with E-state index in [4.69, 9.17) is 0 Å². The van der Waals surface area contributed by atoms with Gasteiger partial charge < -0.3 is 0 Å². The Morgan fingerprint density at radius 1 is 1.06 bits per heavy atom. The summed E-state index contributed by atoms with van der Waals surface area (Å²) in [6.07, 6.45) is 10.6. The zero-order chi connectivity index (χ0) is 11.0. The highest BCUT2D eigenvalue weighted by atomic mass is 79.9. The van der Waals surface area contributed by atoms with E-state index in [1.165, 1.54) is 58.0 Å². The van der Waals surface area contributed by atoms with Crippen molar-refractivity contribution in [2.24, 2.45) is 5.92 Å². The summed E-state index contributed by atoms with van der Waals surface area (Å²) in [4.78, 5) is 3.47. The molecule has 0 aromatic rings. The highest BCUT2D eigenvalue weighted by molar-refractivity contribution is 9.09. The molecule has 0 aromatic carbocycles. The molecule has 1 aliphatic carbocycles. The van der Waals surface area contributed by atoms with Crippen LogP contribution >= 0.6 is 15.9 Å². The van der Waals surface area contributed by atoms with Gasteiger partial charge in [-0.05, 0) is 51.0 Å². The molecule has 2 saturated heterocycles. The predicted octanol–water partition coefficient (Wildman–Crippen LogP) is 2.72. The Labute approximate surface area is 107 Å². The van der Waals surface area contributed by atoms with Crippen LogP contribution in [-0.2, 0) is 0 Å². The summed E-state index contributed by atoms with van der Waals surface area (Å²) in [5, 5.41) is 3.89. The SMILES string of the molecule is BrC1CCCC(C2CN3CCCCC3N2)C1. The largest absolute Gasteiger partial charge is 0.297 e. The van der Waals surface area contributed by atoms with Gasteiger partial charge in [0.25, 0.3) is 0 Å². The molecule has 1 saturated carbocycles. The molecule has 16 heavy (non-hydrogen) atoms. The lowest BCUT2D eigenvalue weighted by molar-refractivity contribution is 0.186. The van der Waals surface area contributed by atoms with Gasteiger partial charge in [-0.25, -0.2) is 0 Å². The molecule has 4 unspecified atom stereocenters. The zero-order valence-electron chi connectivity index (χ0n) is 10.00. The van der Waals surface area contributed by atoms with Crippen LogP contribution in [0.25, 0.3) is 0 Å². The van der Waals surface area contributed by atoms with E-state index in [1.807, 2.05) is 0 Å². The van der Waals surface area contributed by atoms with E-state index in [0.717, 1.165) is 23.0 Å². The highest BCUT2D eigenvalue weighted by Crippen LogP contribution is 2.34. The molecule has 2 heterocycles. The first kappa shape index (κ1) is 11.5. The smallest absolute Gasteiger partial charge is 0.0600 e. The molecule has 0 amide bonds. The first-order valence-corrected chi connectivity index (χ1v) is 7.88. The van der Waals surface area contributed by atoms with Crippen molar-refractivity contribution >= 4 is 15.9 Å². The second-order valence-electron chi connectivity index (χ2n) is 5.80. The van der Waals surface area contributed by atoms with E-state index in [0.29, 0.717) is 0 Å². The van der Waals surface area contributed by atoms with Gasteiger partial charge in [-0.1, -0.05) is 22.4 Å². The molecule has 3 heteroatoms. The van der Waals surface area contributed by atoms with Crippen LogP contribution in [-0.4, -0.2) is 35.0 Å². The maximum absolute atomic E-state index is 3.89. The standard InChI is InChI=1S/C13H23BrN2/c14-11-5-3-4-10(8-11)12-9-16-7-2-1-6-13(16)15-12/h10-13,15H,1-9H2. The van der Waals surface area contributed by atoms with Gasteiger partial charge in [0.15, 0.2) is 0 Å². The molecule has 0 spiro atoms. The summed E-state index contributed by atoms with van der Waals surface area (Å²) in [5.74, 6) is 0.920. The third-order valence-electron chi connectivity index (χ3n) is 4.67. The van der Waals surface area contributed by atoms with Gasteiger partial charge in [0, 0.05) is 17.4 Å². The van der Waals surface area contributed by atoms with E-state index in [9.17, 15) is 0 Å². The highest BCUT2D eigenvalue weighted by Gasteiger charge is 2.37. The molecular weight excluding hydrogens is 264 g/mol. The number of hydrogen-bond donors (Lipinski definition) is 1. The van der Waals surface area contributed by atoms with Crippen molar-refractivity contribution in [2.75, 3.05) is 13.1 Å². The number of alkyl halides is 1. The van der Waals surface area contributed by atoms with Crippen LogP contribution < -0.4 is 5.32 Å². The van der Waals surface area contributed by atoms with Gasteiger partial charge in [-0.2, -0.15) is 0 Å². The van der Waals surface area contributed by atoms with Crippen molar-refractivity contribution in [1.29, 1.82) is 0 Å². The number of piperidine rings is 1. The van der Waals surface area contributed by atoms with Crippen molar-refractivity contribution in [3.05, 3.63) is 0 Å². The van der Waals surface area contributed by atoms with Crippen molar-refractivity contribution in [1.82, 2.24) is 10.2 Å². The topological polar surface area (TPSA) is 15.3 Å². The average molecular weight is 287 g/mol. The molecule has 4 atom stereocenters. The predicted molar refractivity (Wildman–Crippen MR) is 70.8 cm³/mol. The zero-order valence-corrected chi connectivity index (χ0v) is 11.6. The molecule has 3 fully saturated rings. The summed E-state index contributed by atoms with van der Waals surface area (Å²) in [6.45, 7) is 2.65. The van der Waals surface area contributed by atoms with Crippen molar-refractivity contribution in [2.45, 2.75) is 62.0 Å². The Kier molecular flexibility index (Phi) is 3.55. The summed E-state index contributed by atoms with van der Waals surface area (Å²) >= 11 is 3.81. The molecule has 2 nitrogen and oxygen atoms in total. The van der Waals surface area contributed by atoms with E-state index >= 15 is 0 Å². The van der Waals surface area contributed by atoms with Gasteiger partial charge >= 0.3 is 0 Å². The third-order valence-corrected chi connectivity index (χ3v) is 5.50. The Morgan fingerprint density at radius 3 is 2.81 bits per heavy atom. The van der Waals surface area contributed by atoms with Crippen LogP contribution in [0, 0.1) is 5.92 Å². The molecule has 92 valence electrons. The van der Waals surface area contributed by atoms with Crippen LogP contribution in [0.4, 0.5) is 0 Å². The lowest BCUT2D eigenvalue weighted by Crippen LogP contribution is -2.41. The van der Waals surface area contributed by atoms with E-state index in [1.54, 1.807) is 0 Å². The minimum absolute atomic E-state index is 0.717. The minimum Gasteiger partial charge on any atom is -0.297 e. The van der Waals surface area contributed by atoms with E-state index in [2.05, 4.69) is 26.1 Å². The van der Waals surface area contributed by atoms with Crippen LogP contribution in [0.5, 0.6) is 0 Å². The number of nitrogens with zero attached hydrogens (tertiary/aromatic N) is 1. The molecule has 0 bridgehead atoms. The van der Waals surface area contributed by atoms with E-state index < -0.39 is 0 Å². The van der Waals surface area contributed by atoms with Crippen LogP contribution in [0.2, 0.25) is 0 Å². The number of hydrogen-bond acceptors (Lipinski definition) is 2. The molecular formula is C13H23BrN2. The van der Waals surface area contributed by atoms with Gasteiger partial charge in [0.2, 0.25) is 0 Å². The summed E-state index contributed by atoms with van der Waals surface area (Å²) in [7, 11) is 0. The fourth-order valence-electron chi connectivity index (χ4n) is 3.77. The number of rotatable bonds is 1. The average Bonchev–Trinajstić information content (AvgIpc) is 2.72. The second-order valence-corrected chi connectivity index (χ2v) is 7.10. The van der Waals surface area contributed by atoms with Crippen molar-refractivity contribution < 1.29 is 0 Å². The molecule has 1 N–H and O–H groups in total. The molecule has 3 aliphatic rings. The van der Waals surface area contributed by atoms with Crippen molar-refractivity contribution in [3.63, 3.8) is 0 Å². The Balaban J connectivity index is 1.59. The Hall–Kier alpha value is 0.400. The fourth-order valence-corrected chi connectivity index (χ4v) is 4.57. The number of fused-ring (bicyclic) bond motifs is 1. The van der Waals surface area contributed by atoms with Gasteiger partial charge in [0.05, 0.1) is 6.17 Å². The fraction of sp³-hybridized carbons (Fsp3) is 1.00. The summed E-state index contributed by atoms with van der Waals surface area (Å²) in [5.41, 5.74) is 0. The van der Waals surface area contributed by atoms with E-state index in [-0.39, 0.29) is 0 Å². The van der Waals surface area contributed by atoms with Gasteiger partial charge in [-0.3, -0.25) is 10.2 Å². The van der Waals surface area contributed by atoms with Gasteiger partial charge in [-0.15, -0.1) is 0 Å². The summed E-state index contributed by atoms with van der Waals surface area (Å²) < 4.78 is 0. The maximum atomic E-state index is 3.89. The Morgan fingerprint density at radius 2 is 2.00 bits per heavy atom. The van der Waals surface area contributed by atoms with Crippen molar-refractivity contribution in [3.8, 4) is 0 Å². The molecule has 3 rings (SSSR count). The first-order valence-electron chi connectivity index (χ1n) is 6.97. The van der Waals surface area contributed by atoms with Crippen LogP contribution in [0.1, 0.15) is 44.9 Å². The number of halogens is 1. The van der Waals surface area contributed by atoms with Crippen LogP contribution in [0.3, 0.4) is 0 Å². The first-order chi connectivity index (χ1) is 7.83. The molecule has 0 radical (unpaired) electrons. The lowest BCUT2D eigenvalue weighted by Gasteiger charge is -2.30.